The molecule has 69 heavy (non-hydrogen) atoms. The van der Waals surface area contributed by atoms with Crippen LogP contribution in [0.1, 0.15) is 78.2 Å². The van der Waals surface area contributed by atoms with E-state index in [1.165, 1.54) is 17.0 Å². The number of likely N-dealkylation sites (tertiary alicyclic amines) is 1. The molecule has 0 radical (unpaired) electrons. The summed E-state index contributed by atoms with van der Waals surface area (Å²) in [7, 11) is 2.15. The highest BCUT2D eigenvalue weighted by Crippen LogP contribution is 2.26. The van der Waals surface area contributed by atoms with Gasteiger partial charge in [0.1, 0.15) is 48.0 Å². The summed E-state index contributed by atoms with van der Waals surface area (Å²) in [6.45, 7) is 6.64. The zero-order valence-electron chi connectivity index (χ0n) is 39.2. The Morgan fingerprint density at radius 1 is 0.797 bits per heavy atom. The van der Waals surface area contributed by atoms with Gasteiger partial charge in [-0.05, 0) is 55.2 Å². The van der Waals surface area contributed by atoms with Crippen molar-refractivity contribution in [1.82, 2.24) is 42.1 Å². The smallest absolute Gasteiger partial charge is 0.279 e. The fourth-order valence-corrected chi connectivity index (χ4v) is 9.71. The third kappa shape index (κ3) is 18.7. The van der Waals surface area contributed by atoms with Crippen molar-refractivity contribution in [2.75, 3.05) is 24.6 Å². The Balaban J connectivity index is 2.05. The predicted octanol–water partition coefficient (Wildman–Crippen LogP) is -4.33. The molecule has 0 saturated carbocycles. The normalized spacial score (nSPS) is 24.3. The number of nitrogens with zero attached hydrogens (tertiary/aromatic N) is 1. The number of carbonyl (C=O) groups excluding carboxylic acids is 11. The van der Waals surface area contributed by atoms with Gasteiger partial charge in [-0.1, -0.05) is 67.8 Å². The molecule has 9 unspecified atom stereocenters. The van der Waals surface area contributed by atoms with Crippen LogP contribution in [0.2, 0.25) is 0 Å². The zero-order chi connectivity index (χ0) is 51.5. The van der Waals surface area contributed by atoms with Crippen LogP contribution in [0, 0.1) is 11.8 Å². The van der Waals surface area contributed by atoms with Gasteiger partial charge in [-0.2, -0.15) is 0 Å². The highest BCUT2D eigenvalue weighted by Gasteiger charge is 2.41. The second-order valence-electron chi connectivity index (χ2n) is 17.5. The second-order valence-corrected chi connectivity index (χ2v) is 20.0. The molecule has 0 bridgehead atoms. The molecule has 2 fully saturated rings. The number of quaternary nitrogens is 1. The minimum atomic E-state index is -1.74. The van der Waals surface area contributed by atoms with Gasteiger partial charge in [-0.3, -0.25) is 52.7 Å². The first kappa shape index (κ1) is 57.2. The number of nitrogens with one attached hydrogen (secondary N) is 7. The summed E-state index contributed by atoms with van der Waals surface area (Å²) in [5, 5.41) is 27.8. The number of phenols is 1. The average Bonchev–Trinajstić information content (AvgIpc) is 3.78. The highest BCUT2D eigenvalue weighted by molar-refractivity contribution is 8.76. The lowest BCUT2D eigenvalue weighted by atomic mass is 9.96. The van der Waals surface area contributed by atoms with Crippen LogP contribution in [0.4, 0.5) is 0 Å². The third-order valence-corrected chi connectivity index (χ3v) is 13.8. The molecule has 3 rings (SSSR count). The van der Waals surface area contributed by atoms with Gasteiger partial charge in [0.2, 0.25) is 59.1 Å². The van der Waals surface area contributed by atoms with E-state index in [4.69, 9.17) is 17.2 Å². The summed E-state index contributed by atoms with van der Waals surface area (Å²) in [5.41, 5.74) is 20.6. The topological polar surface area (TPSA) is 401 Å². The summed E-state index contributed by atoms with van der Waals surface area (Å²) in [5.74, 6) is -10.0. The number of aromatic hydroxyl groups is 1. The van der Waals surface area contributed by atoms with Crippen molar-refractivity contribution in [3.05, 3.63) is 29.8 Å². The number of nitrogens with two attached hydrogens (primary N) is 3. The molecule has 2 heterocycles. The number of amides is 11. The van der Waals surface area contributed by atoms with Gasteiger partial charge in [-0.15, -0.1) is 0 Å². The molecule has 9 atom stereocenters. The molecule has 0 aromatic heterocycles. The largest absolute Gasteiger partial charge is 0.508 e. The number of rotatable bonds is 17. The molecule has 1 aromatic rings. The van der Waals surface area contributed by atoms with Crippen molar-refractivity contribution < 1.29 is 63.6 Å². The van der Waals surface area contributed by atoms with E-state index in [9.17, 15) is 57.8 Å². The molecule has 17 N–H and O–H groups in total. The van der Waals surface area contributed by atoms with Crippen LogP contribution in [0.3, 0.4) is 0 Å². The van der Waals surface area contributed by atoms with Crippen LogP contribution < -0.4 is 60.2 Å². The number of phenolic OH excluding ortho intramolecular Hbond substituents is 1. The van der Waals surface area contributed by atoms with Crippen molar-refractivity contribution >= 4 is 86.6 Å². The molecule has 0 aliphatic carbocycles. The fourth-order valence-electron chi connectivity index (χ4n) is 7.36. The third-order valence-electron chi connectivity index (χ3n) is 11.3. The number of benzene rings is 1. The van der Waals surface area contributed by atoms with Crippen LogP contribution in [0.15, 0.2) is 24.3 Å². The van der Waals surface area contributed by atoms with Gasteiger partial charge >= 0.3 is 0 Å². The monoisotopic (exact) mass is 1010 g/mol. The van der Waals surface area contributed by atoms with E-state index in [-0.39, 0.29) is 55.4 Å². The lowest BCUT2D eigenvalue weighted by molar-refractivity contribution is -0.396. The first-order valence-electron chi connectivity index (χ1n) is 22.6. The lowest BCUT2D eigenvalue weighted by Crippen LogP contribution is -2.70. The van der Waals surface area contributed by atoms with Crippen molar-refractivity contribution in [1.29, 1.82) is 0 Å². The van der Waals surface area contributed by atoms with Gasteiger partial charge in [0, 0.05) is 25.1 Å². The maximum absolute atomic E-state index is 14.5. The molecular formula is C43H67N12O12S2+. The minimum absolute atomic E-state index is 0.0215. The van der Waals surface area contributed by atoms with E-state index in [1.807, 2.05) is 13.8 Å². The van der Waals surface area contributed by atoms with E-state index in [1.54, 1.807) is 26.0 Å². The SMILES string of the molecule is CCC(C)C1NC(=O)C(Cc2ccc(O)cc2)NC(=O)C([NH3+])CSSCC(C(=O)N2CCCC2C(=O)NC(CC(C)C)C(=O)NCC(N)=O)NC(=O)C(CC(N)=O)NC(=O)C(CCC(N)=O)NC1=O. The molecular weight excluding hydrogens is 941 g/mol. The van der Waals surface area contributed by atoms with Crippen LogP contribution in [0.25, 0.3) is 0 Å². The Kier molecular flexibility index (Phi) is 23.0. The first-order chi connectivity index (χ1) is 32.5. The maximum atomic E-state index is 14.5. The number of hydrogen-bond donors (Lipinski definition) is 12. The molecule has 2 saturated heterocycles. The van der Waals surface area contributed by atoms with Crippen LogP contribution >= 0.6 is 21.6 Å². The van der Waals surface area contributed by atoms with E-state index in [0.29, 0.717) is 18.4 Å². The predicted molar refractivity (Wildman–Crippen MR) is 253 cm³/mol. The molecule has 2 aliphatic heterocycles. The average molecular weight is 1010 g/mol. The van der Waals surface area contributed by atoms with Crippen LogP contribution in [-0.2, 0) is 59.2 Å². The van der Waals surface area contributed by atoms with E-state index >= 15 is 0 Å². The van der Waals surface area contributed by atoms with Gasteiger partial charge in [0.05, 0.1) is 18.7 Å². The van der Waals surface area contributed by atoms with Crippen molar-refractivity contribution in [2.24, 2.45) is 29.0 Å². The summed E-state index contributed by atoms with van der Waals surface area (Å²) in [6, 6.07) is -4.63. The summed E-state index contributed by atoms with van der Waals surface area (Å²) >= 11 is 0. The summed E-state index contributed by atoms with van der Waals surface area (Å²) in [4.78, 5) is 148. The fraction of sp³-hybridized carbons (Fsp3) is 0.605. The van der Waals surface area contributed by atoms with Gasteiger partial charge < -0.3 is 70.2 Å². The number of carbonyl (C=O) groups is 11. The van der Waals surface area contributed by atoms with Gasteiger partial charge in [0.25, 0.3) is 5.91 Å². The molecule has 1 aromatic carbocycles. The Hall–Kier alpha value is -6.15. The summed E-state index contributed by atoms with van der Waals surface area (Å²) < 4.78 is 0. The zero-order valence-corrected chi connectivity index (χ0v) is 40.8. The van der Waals surface area contributed by atoms with Gasteiger partial charge in [-0.25, -0.2) is 0 Å². The van der Waals surface area contributed by atoms with Crippen molar-refractivity contribution in [2.45, 2.75) is 127 Å². The highest BCUT2D eigenvalue weighted by atomic mass is 33.1. The first-order valence-corrected chi connectivity index (χ1v) is 25.1. The Bertz CT molecular complexity index is 2050. The number of hydrogen-bond acceptors (Lipinski definition) is 14. The molecule has 26 heteroatoms. The minimum Gasteiger partial charge on any atom is -0.508 e. The van der Waals surface area contributed by atoms with Crippen LogP contribution in [0.5, 0.6) is 5.75 Å². The quantitative estimate of drug-likeness (QED) is 0.0657. The molecule has 0 spiro atoms. The van der Waals surface area contributed by atoms with Crippen molar-refractivity contribution in [3.8, 4) is 5.75 Å². The molecule has 2 aliphatic rings. The Morgan fingerprint density at radius 2 is 1.41 bits per heavy atom. The van der Waals surface area contributed by atoms with Crippen LogP contribution in [-0.4, -0.2) is 148 Å². The summed E-state index contributed by atoms with van der Waals surface area (Å²) in [6.07, 6.45) is -0.613. The maximum Gasteiger partial charge on any atom is 0.279 e. The second kappa shape index (κ2) is 27.7. The Labute approximate surface area is 407 Å². The molecule has 24 nitrogen and oxygen atoms in total. The lowest BCUT2D eigenvalue weighted by Gasteiger charge is -2.31. The molecule has 382 valence electrons. The number of primary amides is 3. The van der Waals surface area contributed by atoms with E-state index < -0.39 is 139 Å². The van der Waals surface area contributed by atoms with Crippen molar-refractivity contribution in [3.63, 3.8) is 0 Å². The Morgan fingerprint density at radius 3 is 2.01 bits per heavy atom. The molecule has 11 amide bonds. The van der Waals surface area contributed by atoms with E-state index in [2.05, 4.69) is 43.0 Å². The van der Waals surface area contributed by atoms with E-state index in [0.717, 1.165) is 21.6 Å². The van der Waals surface area contributed by atoms with Gasteiger partial charge in [0.15, 0.2) is 6.04 Å². The standard InChI is InChI=1S/C43H66N12O12S2/c1-5-22(4)35-42(66)49-26(12-13-32(45)57)38(62)51-29(17-33(46)58)39(63)53-30(20-69-68-19-25(44)36(60)50-28(40(64)54-35)16-23-8-10-24(56)11-9-23)43(67)55-14-6-7-31(55)41(65)52-27(15-21(2)3)37(61)48-18-34(47)59/h8-11,21-22,25-31,35,56H,5-7,12-20,44H2,1-4H3,(H2,45,57)(H2,46,58)(H2,47,59)(H,48,61)(H,49,66)(H,50,60)(H,51,62)(H,52,65)(H,53,63)(H,54,64)/p+1.